The first kappa shape index (κ1) is 19.8. The van der Waals surface area contributed by atoms with E-state index in [-0.39, 0.29) is 11.7 Å². The molecule has 1 amide bonds. The minimum atomic E-state index is -0.267. The van der Waals surface area contributed by atoms with E-state index in [0.29, 0.717) is 30.9 Å². The maximum atomic E-state index is 13.7. The van der Waals surface area contributed by atoms with Crippen molar-refractivity contribution >= 4 is 16.8 Å². The Morgan fingerprint density at radius 1 is 1.07 bits per heavy atom. The molecule has 0 radical (unpaired) electrons. The Labute approximate surface area is 174 Å². The molecule has 152 valence electrons. The van der Waals surface area contributed by atoms with Crippen LogP contribution in [-0.4, -0.2) is 38.8 Å². The van der Waals surface area contributed by atoms with E-state index in [4.69, 9.17) is 0 Å². The third-order valence-corrected chi connectivity index (χ3v) is 5.11. The first-order valence-electron chi connectivity index (χ1n) is 10.1. The van der Waals surface area contributed by atoms with E-state index in [1.54, 1.807) is 23.4 Å². The molecule has 2 aromatic heterocycles. The molecule has 0 bridgehead atoms. The molecule has 0 saturated carbocycles. The van der Waals surface area contributed by atoms with Gasteiger partial charge in [0.05, 0.1) is 0 Å². The molecule has 1 N–H and O–H groups in total. The van der Waals surface area contributed by atoms with Gasteiger partial charge in [0.1, 0.15) is 11.5 Å². The maximum Gasteiger partial charge on any atom is 0.274 e. The SMILES string of the molecule is CCCN(CCc1c[nH]c2ccc(F)cc12)C(=O)c1nccnc1-c1ccccc1. The van der Waals surface area contributed by atoms with Crippen molar-refractivity contribution < 1.29 is 9.18 Å². The lowest BCUT2D eigenvalue weighted by atomic mass is 10.1. The normalized spacial score (nSPS) is 11.0. The first-order valence-corrected chi connectivity index (χ1v) is 10.1. The number of fused-ring (bicyclic) bond motifs is 1. The van der Waals surface area contributed by atoms with Crippen molar-refractivity contribution in [2.24, 2.45) is 0 Å². The first-order chi connectivity index (χ1) is 14.7. The summed E-state index contributed by atoms with van der Waals surface area (Å²) in [7, 11) is 0. The zero-order valence-corrected chi connectivity index (χ0v) is 16.8. The Morgan fingerprint density at radius 3 is 2.67 bits per heavy atom. The average Bonchev–Trinajstić information content (AvgIpc) is 3.18. The number of aromatic amines is 1. The number of nitrogens with one attached hydrogen (secondary N) is 1. The molecule has 0 aliphatic carbocycles. The van der Waals surface area contributed by atoms with Gasteiger partial charge in [-0.2, -0.15) is 0 Å². The summed E-state index contributed by atoms with van der Waals surface area (Å²) in [6.45, 7) is 3.16. The highest BCUT2D eigenvalue weighted by Crippen LogP contribution is 2.22. The van der Waals surface area contributed by atoms with Crippen LogP contribution in [0.5, 0.6) is 0 Å². The van der Waals surface area contributed by atoms with Crippen LogP contribution in [0.1, 0.15) is 29.4 Å². The van der Waals surface area contributed by atoms with Gasteiger partial charge in [-0.15, -0.1) is 0 Å². The second kappa shape index (κ2) is 8.86. The highest BCUT2D eigenvalue weighted by atomic mass is 19.1. The molecule has 4 aromatic rings. The summed E-state index contributed by atoms with van der Waals surface area (Å²) in [5.41, 5.74) is 3.67. The summed E-state index contributed by atoms with van der Waals surface area (Å²) in [4.78, 5) is 27.1. The van der Waals surface area contributed by atoms with Crippen LogP contribution in [0.25, 0.3) is 22.2 Å². The number of carbonyl (C=O) groups excluding carboxylic acids is 1. The van der Waals surface area contributed by atoms with Gasteiger partial charge in [-0.1, -0.05) is 37.3 Å². The fourth-order valence-corrected chi connectivity index (χ4v) is 3.65. The molecule has 0 atom stereocenters. The lowest BCUT2D eigenvalue weighted by Gasteiger charge is -2.22. The molecule has 0 aliphatic rings. The van der Waals surface area contributed by atoms with E-state index in [1.807, 2.05) is 43.5 Å². The van der Waals surface area contributed by atoms with E-state index >= 15 is 0 Å². The maximum absolute atomic E-state index is 13.7. The van der Waals surface area contributed by atoms with E-state index in [0.717, 1.165) is 28.5 Å². The summed E-state index contributed by atoms with van der Waals surface area (Å²) < 4.78 is 13.7. The van der Waals surface area contributed by atoms with Crippen LogP contribution in [0, 0.1) is 5.82 Å². The Kier molecular flexibility index (Phi) is 5.84. The standard InChI is InChI=1S/C24H23FN4O/c1-2-13-29(14-10-18-16-28-21-9-8-19(25)15-20(18)21)24(30)23-22(26-11-12-27-23)17-6-4-3-5-7-17/h3-9,11-12,15-16,28H,2,10,13-14H2,1H3. The molecule has 5 nitrogen and oxygen atoms in total. The number of H-pyrrole nitrogens is 1. The zero-order valence-electron chi connectivity index (χ0n) is 16.8. The van der Waals surface area contributed by atoms with Crippen molar-refractivity contribution in [1.29, 1.82) is 0 Å². The van der Waals surface area contributed by atoms with Crippen molar-refractivity contribution in [2.45, 2.75) is 19.8 Å². The molecule has 0 aliphatic heterocycles. The number of hydrogen-bond donors (Lipinski definition) is 1. The van der Waals surface area contributed by atoms with Gasteiger partial charge in [-0.25, -0.2) is 9.37 Å². The van der Waals surface area contributed by atoms with Crippen LogP contribution in [0.4, 0.5) is 4.39 Å². The lowest BCUT2D eigenvalue weighted by Crippen LogP contribution is -2.34. The topological polar surface area (TPSA) is 61.9 Å². The molecule has 0 fully saturated rings. The number of nitrogens with zero attached hydrogens (tertiary/aromatic N) is 3. The van der Waals surface area contributed by atoms with E-state index in [2.05, 4.69) is 15.0 Å². The van der Waals surface area contributed by atoms with Crippen molar-refractivity contribution in [1.82, 2.24) is 19.9 Å². The number of hydrogen-bond acceptors (Lipinski definition) is 3. The smallest absolute Gasteiger partial charge is 0.274 e. The highest BCUT2D eigenvalue weighted by Gasteiger charge is 2.21. The van der Waals surface area contributed by atoms with Gasteiger partial charge >= 0.3 is 0 Å². The van der Waals surface area contributed by atoms with Crippen LogP contribution in [-0.2, 0) is 6.42 Å². The minimum absolute atomic E-state index is 0.144. The summed E-state index contributed by atoms with van der Waals surface area (Å²) in [5, 5.41) is 0.850. The van der Waals surface area contributed by atoms with Crippen LogP contribution < -0.4 is 0 Å². The van der Waals surface area contributed by atoms with Gasteiger partial charge in [0, 0.05) is 48.1 Å². The Morgan fingerprint density at radius 2 is 1.87 bits per heavy atom. The molecule has 6 heteroatoms. The average molecular weight is 402 g/mol. The third kappa shape index (κ3) is 4.08. The van der Waals surface area contributed by atoms with E-state index < -0.39 is 0 Å². The Balaban J connectivity index is 1.59. The van der Waals surface area contributed by atoms with Gasteiger partial charge in [-0.3, -0.25) is 9.78 Å². The van der Waals surface area contributed by atoms with Crippen molar-refractivity contribution in [3.8, 4) is 11.3 Å². The quantitative estimate of drug-likeness (QED) is 0.480. The van der Waals surface area contributed by atoms with Crippen molar-refractivity contribution in [3.05, 3.63) is 84.2 Å². The Hall–Kier alpha value is -3.54. The number of carbonyl (C=O) groups is 1. The van der Waals surface area contributed by atoms with E-state index in [1.165, 1.54) is 12.1 Å². The summed E-state index contributed by atoms with van der Waals surface area (Å²) >= 11 is 0. The fourth-order valence-electron chi connectivity index (χ4n) is 3.65. The molecule has 30 heavy (non-hydrogen) atoms. The molecule has 4 rings (SSSR count). The second-order valence-electron chi connectivity index (χ2n) is 7.17. The number of benzene rings is 2. The second-order valence-corrected chi connectivity index (χ2v) is 7.17. The third-order valence-electron chi connectivity index (χ3n) is 5.11. The summed E-state index contributed by atoms with van der Waals surface area (Å²) in [6, 6.07) is 14.3. The number of aromatic nitrogens is 3. The van der Waals surface area contributed by atoms with Gasteiger partial charge < -0.3 is 9.88 Å². The van der Waals surface area contributed by atoms with Crippen LogP contribution in [0.15, 0.2) is 67.1 Å². The molecule has 0 unspecified atom stereocenters. The fraction of sp³-hybridized carbons (Fsp3) is 0.208. The lowest BCUT2D eigenvalue weighted by molar-refractivity contribution is 0.0752. The van der Waals surface area contributed by atoms with Gasteiger partial charge in [-0.05, 0) is 36.6 Å². The van der Waals surface area contributed by atoms with Crippen molar-refractivity contribution in [3.63, 3.8) is 0 Å². The molecule has 0 saturated heterocycles. The number of amides is 1. The van der Waals surface area contributed by atoms with E-state index in [9.17, 15) is 9.18 Å². The molecular formula is C24H23FN4O. The monoisotopic (exact) mass is 402 g/mol. The van der Waals surface area contributed by atoms with Crippen LogP contribution in [0.3, 0.4) is 0 Å². The summed E-state index contributed by atoms with van der Waals surface area (Å²) in [5.74, 6) is -0.410. The van der Waals surface area contributed by atoms with Crippen LogP contribution >= 0.6 is 0 Å². The van der Waals surface area contributed by atoms with Crippen molar-refractivity contribution in [2.75, 3.05) is 13.1 Å². The molecule has 0 spiro atoms. The molecular weight excluding hydrogens is 379 g/mol. The largest absolute Gasteiger partial charge is 0.361 e. The number of halogens is 1. The predicted molar refractivity (Wildman–Crippen MR) is 116 cm³/mol. The number of rotatable bonds is 7. The molecule has 2 aromatic carbocycles. The minimum Gasteiger partial charge on any atom is -0.361 e. The zero-order chi connectivity index (χ0) is 20.9. The van der Waals surface area contributed by atoms with Gasteiger partial charge in [0.2, 0.25) is 0 Å². The summed E-state index contributed by atoms with van der Waals surface area (Å²) in [6.07, 6.45) is 6.48. The molecule has 2 heterocycles. The highest BCUT2D eigenvalue weighted by molar-refractivity contribution is 5.98. The van der Waals surface area contributed by atoms with Crippen LogP contribution in [0.2, 0.25) is 0 Å². The van der Waals surface area contributed by atoms with Gasteiger partial charge in [0.25, 0.3) is 5.91 Å². The predicted octanol–water partition coefficient (Wildman–Crippen LogP) is 4.86. The van der Waals surface area contributed by atoms with Gasteiger partial charge in [0.15, 0.2) is 5.69 Å². The Bertz CT molecular complexity index is 1160.